The maximum absolute atomic E-state index is 3.85. The molecule has 2 heterocycles. The summed E-state index contributed by atoms with van der Waals surface area (Å²) in [5.74, 6) is 0. The van der Waals surface area contributed by atoms with Gasteiger partial charge in [0.2, 0.25) is 0 Å². The Morgan fingerprint density at radius 1 is 1.28 bits per heavy atom. The lowest BCUT2D eigenvalue weighted by Crippen LogP contribution is -2.40. The minimum absolute atomic E-state index is 0.468. The standard InChI is InChI=1S/C16H24N2/c1-12-5-3-6-14(11-12)13(2)17-15-8-10-18-9-4-7-16(15)18/h3,5-6,11,13,15-17H,4,7-10H2,1-2H3. The molecule has 98 valence electrons. The maximum Gasteiger partial charge on any atom is 0.0295 e. The largest absolute Gasteiger partial charge is 0.306 e. The van der Waals surface area contributed by atoms with E-state index in [1.165, 1.54) is 43.5 Å². The third-order valence-electron chi connectivity index (χ3n) is 4.61. The Hall–Kier alpha value is -0.860. The molecule has 1 aromatic carbocycles. The van der Waals surface area contributed by atoms with Gasteiger partial charge in [-0.3, -0.25) is 4.90 Å². The molecule has 0 aliphatic carbocycles. The van der Waals surface area contributed by atoms with Crippen LogP contribution in [0.1, 0.15) is 43.4 Å². The zero-order valence-electron chi connectivity index (χ0n) is 11.5. The number of benzene rings is 1. The van der Waals surface area contributed by atoms with Crippen molar-refractivity contribution >= 4 is 0 Å². The molecule has 2 fully saturated rings. The van der Waals surface area contributed by atoms with Gasteiger partial charge in [-0.1, -0.05) is 29.8 Å². The van der Waals surface area contributed by atoms with Crippen LogP contribution in [0.5, 0.6) is 0 Å². The van der Waals surface area contributed by atoms with Crippen LogP contribution in [0.4, 0.5) is 0 Å². The first-order valence-corrected chi connectivity index (χ1v) is 7.31. The van der Waals surface area contributed by atoms with E-state index in [4.69, 9.17) is 0 Å². The second-order valence-corrected chi connectivity index (χ2v) is 5.94. The maximum atomic E-state index is 3.85. The van der Waals surface area contributed by atoms with Crippen LogP contribution in [0.3, 0.4) is 0 Å². The van der Waals surface area contributed by atoms with Gasteiger partial charge in [0, 0.05) is 24.7 Å². The quantitative estimate of drug-likeness (QED) is 0.879. The zero-order chi connectivity index (χ0) is 12.5. The van der Waals surface area contributed by atoms with Gasteiger partial charge in [0.15, 0.2) is 0 Å². The molecule has 3 rings (SSSR count). The summed E-state index contributed by atoms with van der Waals surface area (Å²) in [6, 6.07) is 10.9. The molecular weight excluding hydrogens is 220 g/mol. The number of aryl methyl sites for hydroxylation is 1. The van der Waals surface area contributed by atoms with Gasteiger partial charge in [0.1, 0.15) is 0 Å². The second-order valence-electron chi connectivity index (χ2n) is 5.94. The Bertz CT molecular complexity index is 415. The molecule has 0 aromatic heterocycles. The molecular formula is C16H24N2. The summed E-state index contributed by atoms with van der Waals surface area (Å²) in [6.45, 7) is 7.08. The van der Waals surface area contributed by atoms with E-state index >= 15 is 0 Å². The number of rotatable bonds is 3. The van der Waals surface area contributed by atoms with Crippen molar-refractivity contribution in [2.45, 2.75) is 51.2 Å². The highest BCUT2D eigenvalue weighted by atomic mass is 15.2. The third-order valence-corrected chi connectivity index (χ3v) is 4.61. The molecule has 2 nitrogen and oxygen atoms in total. The van der Waals surface area contributed by atoms with Crippen LogP contribution in [-0.2, 0) is 0 Å². The summed E-state index contributed by atoms with van der Waals surface area (Å²) in [6.07, 6.45) is 4.10. The van der Waals surface area contributed by atoms with Crippen molar-refractivity contribution in [2.75, 3.05) is 13.1 Å². The van der Waals surface area contributed by atoms with E-state index in [1.54, 1.807) is 0 Å². The van der Waals surface area contributed by atoms with E-state index < -0.39 is 0 Å². The van der Waals surface area contributed by atoms with Crippen LogP contribution in [0.2, 0.25) is 0 Å². The average Bonchev–Trinajstić information content (AvgIpc) is 2.94. The molecule has 0 saturated carbocycles. The lowest BCUT2D eigenvalue weighted by atomic mass is 10.0. The normalized spacial score (nSPS) is 29.4. The summed E-state index contributed by atoms with van der Waals surface area (Å²) in [5, 5.41) is 3.85. The molecule has 0 spiro atoms. The van der Waals surface area contributed by atoms with Gasteiger partial charge in [0.05, 0.1) is 0 Å². The molecule has 0 amide bonds. The zero-order valence-corrected chi connectivity index (χ0v) is 11.5. The van der Waals surface area contributed by atoms with E-state index in [2.05, 4.69) is 48.3 Å². The topological polar surface area (TPSA) is 15.3 Å². The minimum atomic E-state index is 0.468. The SMILES string of the molecule is Cc1cccc(C(C)NC2CCN3CCCC23)c1. The first kappa shape index (κ1) is 12.2. The van der Waals surface area contributed by atoms with Crippen LogP contribution in [0.15, 0.2) is 24.3 Å². The molecule has 1 aromatic rings. The molecule has 18 heavy (non-hydrogen) atoms. The van der Waals surface area contributed by atoms with Crippen molar-refractivity contribution in [1.29, 1.82) is 0 Å². The fourth-order valence-electron chi connectivity index (χ4n) is 3.63. The van der Waals surface area contributed by atoms with E-state index in [0.29, 0.717) is 12.1 Å². The summed E-state index contributed by atoms with van der Waals surface area (Å²) in [5.41, 5.74) is 2.78. The molecule has 2 aliphatic heterocycles. The summed E-state index contributed by atoms with van der Waals surface area (Å²) < 4.78 is 0. The van der Waals surface area contributed by atoms with Crippen LogP contribution < -0.4 is 5.32 Å². The van der Waals surface area contributed by atoms with Gasteiger partial charge in [-0.2, -0.15) is 0 Å². The van der Waals surface area contributed by atoms with E-state index in [-0.39, 0.29) is 0 Å². The Morgan fingerprint density at radius 2 is 2.17 bits per heavy atom. The number of hydrogen-bond acceptors (Lipinski definition) is 2. The van der Waals surface area contributed by atoms with Crippen molar-refractivity contribution in [2.24, 2.45) is 0 Å². The summed E-state index contributed by atoms with van der Waals surface area (Å²) in [7, 11) is 0. The lowest BCUT2D eigenvalue weighted by Gasteiger charge is -2.25. The molecule has 3 unspecified atom stereocenters. The molecule has 0 bridgehead atoms. The predicted octanol–water partition coefficient (Wildman–Crippen LogP) is 2.88. The van der Waals surface area contributed by atoms with Gasteiger partial charge in [0.25, 0.3) is 0 Å². The van der Waals surface area contributed by atoms with Gasteiger partial charge >= 0.3 is 0 Å². The van der Waals surface area contributed by atoms with Gasteiger partial charge in [-0.05, 0) is 45.2 Å². The Balaban J connectivity index is 1.66. The van der Waals surface area contributed by atoms with E-state index in [9.17, 15) is 0 Å². The van der Waals surface area contributed by atoms with Gasteiger partial charge in [-0.25, -0.2) is 0 Å². The Morgan fingerprint density at radius 3 is 3.00 bits per heavy atom. The summed E-state index contributed by atoms with van der Waals surface area (Å²) in [4.78, 5) is 2.67. The summed E-state index contributed by atoms with van der Waals surface area (Å²) >= 11 is 0. The fourth-order valence-corrected chi connectivity index (χ4v) is 3.63. The van der Waals surface area contributed by atoms with Crippen molar-refractivity contribution in [3.63, 3.8) is 0 Å². The third kappa shape index (κ3) is 2.32. The van der Waals surface area contributed by atoms with Crippen LogP contribution in [-0.4, -0.2) is 30.1 Å². The number of hydrogen-bond donors (Lipinski definition) is 1. The van der Waals surface area contributed by atoms with Crippen LogP contribution in [0, 0.1) is 6.92 Å². The number of nitrogens with one attached hydrogen (secondary N) is 1. The second kappa shape index (κ2) is 5.02. The first-order valence-electron chi connectivity index (χ1n) is 7.31. The average molecular weight is 244 g/mol. The van der Waals surface area contributed by atoms with E-state index in [1.807, 2.05) is 0 Å². The van der Waals surface area contributed by atoms with Crippen molar-refractivity contribution in [3.8, 4) is 0 Å². The molecule has 2 saturated heterocycles. The Kier molecular flexibility index (Phi) is 3.40. The number of fused-ring (bicyclic) bond motifs is 1. The van der Waals surface area contributed by atoms with E-state index in [0.717, 1.165) is 6.04 Å². The highest BCUT2D eigenvalue weighted by molar-refractivity contribution is 5.24. The van der Waals surface area contributed by atoms with Crippen molar-refractivity contribution in [1.82, 2.24) is 10.2 Å². The number of nitrogens with zero attached hydrogens (tertiary/aromatic N) is 1. The van der Waals surface area contributed by atoms with Gasteiger partial charge in [-0.15, -0.1) is 0 Å². The smallest absolute Gasteiger partial charge is 0.0295 e. The highest BCUT2D eigenvalue weighted by Crippen LogP contribution is 2.29. The van der Waals surface area contributed by atoms with Crippen molar-refractivity contribution < 1.29 is 0 Å². The monoisotopic (exact) mass is 244 g/mol. The highest BCUT2D eigenvalue weighted by Gasteiger charge is 2.37. The fraction of sp³-hybridized carbons (Fsp3) is 0.625. The lowest BCUT2D eigenvalue weighted by molar-refractivity contribution is 0.291. The molecule has 2 heteroatoms. The van der Waals surface area contributed by atoms with Crippen LogP contribution in [0.25, 0.3) is 0 Å². The van der Waals surface area contributed by atoms with Gasteiger partial charge < -0.3 is 5.32 Å². The molecule has 3 atom stereocenters. The van der Waals surface area contributed by atoms with Crippen LogP contribution >= 0.6 is 0 Å². The molecule has 1 N–H and O–H groups in total. The van der Waals surface area contributed by atoms with Crippen molar-refractivity contribution in [3.05, 3.63) is 35.4 Å². The minimum Gasteiger partial charge on any atom is -0.306 e. The molecule has 2 aliphatic rings. The Labute approximate surface area is 110 Å². The molecule has 0 radical (unpaired) electrons. The first-order chi connectivity index (χ1) is 8.74. The predicted molar refractivity (Wildman–Crippen MR) is 75.7 cm³/mol.